The number of hydrogen-bond acceptors (Lipinski definition) is 1. The van der Waals surface area contributed by atoms with Crippen molar-refractivity contribution in [3.8, 4) is 0 Å². The summed E-state index contributed by atoms with van der Waals surface area (Å²) in [4.78, 5) is 12.4. The summed E-state index contributed by atoms with van der Waals surface area (Å²) in [5, 5.41) is 3.13. The fourth-order valence-corrected chi connectivity index (χ4v) is 4.63. The summed E-state index contributed by atoms with van der Waals surface area (Å²) in [6.07, 6.45) is 17.0. The molecule has 0 saturated heterocycles. The average molecular weight is 412 g/mol. The molecule has 1 rings (SSSR count). The smallest absolute Gasteiger partial charge is 0.244 e. The standard InChI is InChI=1S/C28H45NO/c1-21(16-17-24-23(3)15-12-18-27(24,7)8)13-11-14-22(2)19-25(30)29-28(9,10)20-26(4,5)6/h11,13-14,16-17,19H,12,15,18,20H2,1-10H3,(H,29,30). The van der Waals surface area contributed by atoms with Gasteiger partial charge in [-0.25, -0.2) is 0 Å². The van der Waals surface area contributed by atoms with E-state index in [0.29, 0.717) is 0 Å². The largest absolute Gasteiger partial charge is 0.348 e. The normalized spacial score (nSPS) is 19.1. The molecule has 0 spiro atoms. The molecule has 0 radical (unpaired) electrons. The molecule has 1 aliphatic carbocycles. The van der Waals surface area contributed by atoms with Gasteiger partial charge in [0.15, 0.2) is 0 Å². The first-order valence-corrected chi connectivity index (χ1v) is 11.4. The van der Waals surface area contributed by atoms with Crippen molar-refractivity contribution in [2.24, 2.45) is 10.8 Å². The first kappa shape index (κ1) is 26.2. The van der Waals surface area contributed by atoms with Crippen LogP contribution in [0.4, 0.5) is 0 Å². The maximum atomic E-state index is 12.4. The SMILES string of the molecule is CC(C=CC1=C(C)CCCC1(C)C)=CC=CC(C)=CC(=O)NC(C)(C)CC(C)(C)C. The lowest BCUT2D eigenvalue weighted by atomic mass is 9.72. The molecule has 0 aromatic rings. The zero-order valence-corrected chi connectivity index (χ0v) is 21.2. The van der Waals surface area contributed by atoms with E-state index in [2.05, 4.69) is 85.9 Å². The minimum atomic E-state index is -0.225. The predicted molar refractivity (Wildman–Crippen MR) is 132 cm³/mol. The number of allylic oxidation sites excluding steroid dienone is 9. The van der Waals surface area contributed by atoms with Gasteiger partial charge in [0.2, 0.25) is 5.91 Å². The van der Waals surface area contributed by atoms with Crippen LogP contribution in [0.15, 0.2) is 58.7 Å². The van der Waals surface area contributed by atoms with Crippen LogP contribution >= 0.6 is 0 Å². The predicted octanol–water partition coefficient (Wildman–Crippen LogP) is 7.85. The maximum Gasteiger partial charge on any atom is 0.244 e. The van der Waals surface area contributed by atoms with Crippen LogP contribution in [0, 0.1) is 10.8 Å². The monoisotopic (exact) mass is 411 g/mol. The number of nitrogens with one attached hydrogen (secondary N) is 1. The van der Waals surface area contributed by atoms with Gasteiger partial charge in [-0.1, -0.05) is 76.1 Å². The highest BCUT2D eigenvalue weighted by Gasteiger charge is 2.27. The summed E-state index contributed by atoms with van der Waals surface area (Å²) in [6, 6.07) is 0. The molecule has 30 heavy (non-hydrogen) atoms. The topological polar surface area (TPSA) is 29.1 Å². The molecule has 0 unspecified atom stereocenters. The molecule has 0 bridgehead atoms. The van der Waals surface area contributed by atoms with E-state index in [1.807, 2.05) is 19.1 Å². The third-order valence-corrected chi connectivity index (χ3v) is 5.57. The summed E-state index contributed by atoms with van der Waals surface area (Å²) in [5.41, 5.74) is 5.36. The number of carbonyl (C=O) groups excluding carboxylic acids is 1. The van der Waals surface area contributed by atoms with Gasteiger partial charge in [-0.2, -0.15) is 0 Å². The molecular formula is C28H45NO. The Labute approximate surface area is 186 Å². The fraction of sp³-hybridized carbons (Fsp3) is 0.607. The van der Waals surface area contributed by atoms with Crippen LogP contribution in [0.3, 0.4) is 0 Å². The molecule has 2 nitrogen and oxygen atoms in total. The molecule has 168 valence electrons. The Balaban J connectivity index is 2.72. The molecule has 0 fully saturated rings. The highest BCUT2D eigenvalue weighted by atomic mass is 16.1. The number of carbonyl (C=O) groups is 1. The Bertz CT molecular complexity index is 761. The van der Waals surface area contributed by atoms with Crippen molar-refractivity contribution < 1.29 is 4.79 Å². The first-order valence-electron chi connectivity index (χ1n) is 11.4. The maximum absolute atomic E-state index is 12.4. The highest BCUT2D eigenvalue weighted by molar-refractivity contribution is 5.89. The van der Waals surface area contributed by atoms with Gasteiger partial charge in [-0.15, -0.1) is 0 Å². The minimum absolute atomic E-state index is 0.0334. The molecule has 1 N–H and O–H groups in total. The van der Waals surface area contributed by atoms with E-state index in [4.69, 9.17) is 0 Å². The zero-order chi connectivity index (χ0) is 23.2. The van der Waals surface area contributed by atoms with Crippen molar-refractivity contribution in [1.29, 1.82) is 0 Å². The third-order valence-electron chi connectivity index (χ3n) is 5.57. The Hall–Kier alpha value is -1.83. The molecule has 2 heteroatoms. The van der Waals surface area contributed by atoms with Crippen LogP contribution in [0.25, 0.3) is 0 Å². The molecule has 0 heterocycles. The molecule has 0 atom stereocenters. The Morgan fingerprint density at radius 3 is 2.27 bits per heavy atom. The average Bonchev–Trinajstić information content (AvgIpc) is 2.50. The van der Waals surface area contributed by atoms with Crippen molar-refractivity contribution in [3.63, 3.8) is 0 Å². The summed E-state index contributed by atoms with van der Waals surface area (Å²) < 4.78 is 0. The summed E-state index contributed by atoms with van der Waals surface area (Å²) in [7, 11) is 0. The third kappa shape index (κ3) is 9.78. The van der Waals surface area contributed by atoms with E-state index in [0.717, 1.165) is 12.0 Å². The molecule has 1 aliphatic rings. The summed E-state index contributed by atoms with van der Waals surface area (Å²) >= 11 is 0. The second kappa shape index (κ2) is 10.5. The van der Waals surface area contributed by atoms with Crippen LogP contribution in [0.5, 0.6) is 0 Å². The summed E-state index contributed by atoms with van der Waals surface area (Å²) in [5.74, 6) is -0.0334. The van der Waals surface area contributed by atoms with E-state index < -0.39 is 0 Å². The van der Waals surface area contributed by atoms with Crippen LogP contribution in [0.1, 0.15) is 94.9 Å². The molecule has 0 saturated carbocycles. The van der Waals surface area contributed by atoms with Gasteiger partial charge < -0.3 is 5.32 Å². The van der Waals surface area contributed by atoms with E-state index >= 15 is 0 Å². The second-order valence-corrected chi connectivity index (χ2v) is 11.5. The van der Waals surface area contributed by atoms with E-state index in [1.165, 1.54) is 36.0 Å². The molecular weight excluding hydrogens is 366 g/mol. The Kier molecular flexibility index (Phi) is 9.14. The lowest BCUT2D eigenvalue weighted by Gasteiger charge is -2.33. The van der Waals surface area contributed by atoms with Crippen molar-refractivity contribution in [1.82, 2.24) is 5.32 Å². The van der Waals surface area contributed by atoms with Gasteiger partial charge in [-0.3, -0.25) is 4.79 Å². The lowest BCUT2D eigenvalue weighted by molar-refractivity contribution is -0.118. The van der Waals surface area contributed by atoms with Gasteiger partial charge in [0.05, 0.1) is 0 Å². The van der Waals surface area contributed by atoms with Crippen LogP contribution in [-0.2, 0) is 4.79 Å². The number of rotatable bonds is 7. The Morgan fingerprint density at radius 2 is 1.70 bits per heavy atom. The van der Waals surface area contributed by atoms with E-state index in [-0.39, 0.29) is 22.3 Å². The number of hydrogen-bond donors (Lipinski definition) is 1. The van der Waals surface area contributed by atoms with Crippen LogP contribution < -0.4 is 5.32 Å². The zero-order valence-electron chi connectivity index (χ0n) is 21.2. The molecule has 0 aromatic carbocycles. The van der Waals surface area contributed by atoms with Gasteiger partial charge in [-0.05, 0) is 82.3 Å². The van der Waals surface area contributed by atoms with E-state index in [9.17, 15) is 4.79 Å². The molecule has 0 aliphatic heterocycles. The van der Waals surface area contributed by atoms with Crippen LogP contribution in [0.2, 0.25) is 0 Å². The fourth-order valence-electron chi connectivity index (χ4n) is 4.63. The van der Waals surface area contributed by atoms with Crippen molar-refractivity contribution in [2.75, 3.05) is 0 Å². The molecule has 0 aromatic heterocycles. The van der Waals surface area contributed by atoms with Gasteiger partial charge in [0.25, 0.3) is 0 Å². The minimum Gasteiger partial charge on any atom is -0.348 e. The number of amides is 1. The second-order valence-electron chi connectivity index (χ2n) is 11.5. The van der Waals surface area contributed by atoms with E-state index in [1.54, 1.807) is 6.08 Å². The Morgan fingerprint density at radius 1 is 1.07 bits per heavy atom. The van der Waals surface area contributed by atoms with Gasteiger partial charge in [0.1, 0.15) is 0 Å². The highest BCUT2D eigenvalue weighted by Crippen LogP contribution is 2.40. The quantitative estimate of drug-likeness (QED) is 0.335. The first-order chi connectivity index (χ1) is 13.6. The van der Waals surface area contributed by atoms with Crippen molar-refractivity contribution in [3.05, 3.63) is 58.7 Å². The van der Waals surface area contributed by atoms with Crippen molar-refractivity contribution in [2.45, 2.75) is 100 Å². The summed E-state index contributed by atoms with van der Waals surface area (Å²) in [6.45, 7) is 21.8. The van der Waals surface area contributed by atoms with Crippen LogP contribution in [-0.4, -0.2) is 11.4 Å². The molecule has 1 amide bonds. The van der Waals surface area contributed by atoms with Gasteiger partial charge in [0, 0.05) is 11.6 Å². The van der Waals surface area contributed by atoms with Crippen molar-refractivity contribution >= 4 is 5.91 Å². The lowest BCUT2D eigenvalue weighted by Crippen LogP contribution is -2.45. The van der Waals surface area contributed by atoms with Gasteiger partial charge >= 0.3 is 0 Å².